The lowest BCUT2D eigenvalue weighted by molar-refractivity contribution is 0.397. The van der Waals surface area contributed by atoms with Crippen LogP contribution in [0.3, 0.4) is 0 Å². The van der Waals surface area contributed by atoms with Crippen LogP contribution in [0.15, 0.2) is 36.7 Å². The molecule has 2 heterocycles. The molecule has 0 fully saturated rings. The number of fused-ring (bicyclic) bond motifs is 1. The van der Waals surface area contributed by atoms with Crippen LogP contribution in [0.1, 0.15) is 18.8 Å². The van der Waals surface area contributed by atoms with Crippen LogP contribution in [0, 0.1) is 0 Å². The third kappa shape index (κ3) is 2.40. The minimum absolute atomic E-state index is 0.00186. The van der Waals surface area contributed by atoms with Gasteiger partial charge in [-0.15, -0.1) is 0 Å². The van der Waals surface area contributed by atoms with Crippen LogP contribution >= 0.6 is 0 Å². The summed E-state index contributed by atoms with van der Waals surface area (Å²) < 4.78 is 5.08. The Hall–Kier alpha value is -2.63. The molecule has 1 atom stereocenters. The highest BCUT2D eigenvalue weighted by atomic mass is 16.5. The van der Waals surface area contributed by atoms with Crippen molar-refractivity contribution in [2.45, 2.75) is 13.0 Å². The lowest BCUT2D eigenvalue weighted by atomic mass is 10.3. The van der Waals surface area contributed by atoms with E-state index in [1.54, 1.807) is 13.2 Å². The SMILES string of the molecule is COc1cc(NC(C)c2nc3ccccc3[nH]2)ncn1. The molecule has 0 radical (unpaired) electrons. The average molecular weight is 269 g/mol. The zero-order chi connectivity index (χ0) is 13.9. The number of aromatic amines is 1. The minimum Gasteiger partial charge on any atom is -0.481 e. The zero-order valence-electron chi connectivity index (χ0n) is 11.3. The van der Waals surface area contributed by atoms with Crippen molar-refractivity contribution in [1.29, 1.82) is 0 Å². The number of para-hydroxylation sites is 2. The highest BCUT2D eigenvalue weighted by Crippen LogP contribution is 2.20. The van der Waals surface area contributed by atoms with E-state index in [4.69, 9.17) is 4.74 Å². The number of imidazole rings is 1. The van der Waals surface area contributed by atoms with Crippen LogP contribution in [-0.4, -0.2) is 27.0 Å². The van der Waals surface area contributed by atoms with Crippen LogP contribution in [-0.2, 0) is 0 Å². The first-order valence-electron chi connectivity index (χ1n) is 6.33. The molecular weight excluding hydrogens is 254 g/mol. The molecule has 20 heavy (non-hydrogen) atoms. The van der Waals surface area contributed by atoms with E-state index in [1.807, 2.05) is 31.2 Å². The first kappa shape index (κ1) is 12.4. The molecule has 2 aromatic heterocycles. The third-order valence-corrected chi connectivity index (χ3v) is 3.03. The molecule has 0 aliphatic rings. The summed E-state index contributed by atoms with van der Waals surface area (Å²) in [5, 5.41) is 3.27. The second-order valence-electron chi connectivity index (χ2n) is 4.45. The molecule has 3 aromatic rings. The van der Waals surface area contributed by atoms with E-state index in [1.165, 1.54) is 6.33 Å². The molecular formula is C14H15N5O. The van der Waals surface area contributed by atoms with E-state index in [-0.39, 0.29) is 6.04 Å². The summed E-state index contributed by atoms with van der Waals surface area (Å²) in [6.45, 7) is 2.02. The molecule has 0 bridgehead atoms. The van der Waals surface area contributed by atoms with E-state index in [0.717, 1.165) is 16.9 Å². The average Bonchev–Trinajstić information content (AvgIpc) is 2.91. The monoisotopic (exact) mass is 269 g/mol. The van der Waals surface area contributed by atoms with Crippen molar-refractivity contribution in [3.63, 3.8) is 0 Å². The number of hydrogen-bond donors (Lipinski definition) is 2. The highest BCUT2D eigenvalue weighted by molar-refractivity contribution is 5.74. The van der Waals surface area contributed by atoms with Crippen LogP contribution in [0.2, 0.25) is 0 Å². The Kier molecular flexibility index (Phi) is 3.20. The Bertz CT molecular complexity index is 691. The normalized spacial score (nSPS) is 12.3. The summed E-state index contributed by atoms with van der Waals surface area (Å²) in [4.78, 5) is 16.0. The smallest absolute Gasteiger partial charge is 0.218 e. The predicted molar refractivity (Wildman–Crippen MR) is 76.7 cm³/mol. The van der Waals surface area contributed by atoms with Crippen LogP contribution in [0.5, 0.6) is 5.88 Å². The van der Waals surface area contributed by atoms with Gasteiger partial charge in [0.25, 0.3) is 0 Å². The first-order valence-corrected chi connectivity index (χ1v) is 6.33. The number of hydrogen-bond acceptors (Lipinski definition) is 5. The number of rotatable bonds is 4. The van der Waals surface area contributed by atoms with Crippen LogP contribution in [0.25, 0.3) is 11.0 Å². The van der Waals surface area contributed by atoms with Gasteiger partial charge in [0.05, 0.1) is 24.2 Å². The second kappa shape index (κ2) is 5.16. The van der Waals surface area contributed by atoms with Gasteiger partial charge in [0.2, 0.25) is 5.88 Å². The van der Waals surface area contributed by atoms with Crippen molar-refractivity contribution in [2.75, 3.05) is 12.4 Å². The molecule has 102 valence electrons. The number of H-pyrrole nitrogens is 1. The Morgan fingerprint density at radius 2 is 2.10 bits per heavy atom. The fourth-order valence-electron chi connectivity index (χ4n) is 2.00. The number of nitrogens with zero attached hydrogens (tertiary/aromatic N) is 3. The second-order valence-corrected chi connectivity index (χ2v) is 4.45. The summed E-state index contributed by atoms with van der Waals surface area (Å²) in [5.74, 6) is 2.09. The first-order chi connectivity index (χ1) is 9.76. The van der Waals surface area contributed by atoms with Crippen molar-refractivity contribution in [2.24, 2.45) is 0 Å². The van der Waals surface area contributed by atoms with Gasteiger partial charge < -0.3 is 15.0 Å². The summed E-state index contributed by atoms with van der Waals surface area (Å²) in [6.07, 6.45) is 1.46. The molecule has 0 saturated heterocycles. The van der Waals surface area contributed by atoms with Gasteiger partial charge in [-0.2, -0.15) is 0 Å². The molecule has 6 heteroatoms. The fraction of sp³-hybridized carbons (Fsp3) is 0.214. The van der Waals surface area contributed by atoms with Crippen molar-refractivity contribution in [1.82, 2.24) is 19.9 Å². The van der Waals surface area contributed by atoms with E-state index in [9.17, 15) is 0 Å². The third-order valence-electron chi connectivity index (χ3n) is 3.03. The molecule has 2 N–H and O–H groups in total. The summed E-state index contributed by atoms with van der Waals surface area (Å²) in [6, 6.07) is 9.70. The standard InChI is InChI=1S/C14H15N5O/c1-9(17-12-7-13(20-2)16-8-15-12)14-18-10-5-3-4-6-11(10)19-14/h3-9H,1-2H3,(H,18,19)(H,15,16,17). The minimum atomic E-state index is 0.00186. The Labute approximate surface area is 116 Å². The molecule has 0 aliphatic carbocycles. The van der Waals surface area contributed by atoms with Gasteiger partial charge in [-0.1, -0.05) is 12.1 Å². The maximum Gasteiger partial charge on any atom is 0.218 e. The Morgan fingerprint density at radius 1 is 1.25 bits per heavy atom. The molecule has 0 saturated carbocycles. The number of ether oxygens (including phenoxy) is 1. The van der Waals surface area contributed by atoms with Crippen LogP contribution < -0.4 is 10.1 Å². The van der Waals surface area contributed by atoms with Gasteiger partial charge in [0, 0.05) is 6.07 Å². The highest BCUT2D eigenvalue weighted by Gasteiger charge is 2.11. The van der Waals surface area contributed by atoms with Gasteiger partial charge in [0.1, 0.15) is 18.0 Å². The largest absolute Gasteiger partial charge is 0.481 e. The maximum atomic E-state index is 5.08. The Morgan fingerprint density at radius 3 is 2.90 bits per heavy atom. The lowest BCUT2D eigenvalue weighted by Gasteiger charge is -2.12. The molecule has 0 aliphatic heterocycles. The number of nitrogens with one attached hydrogen (secondary N) is 2. The van der Waals surface area contributed by atoms with Gasteiger partial charge in [-0.05, 0) is 19.1 Å². The topological polar surface area (TPSA) is 75.7 Å². The quantitative estimate of drug-likeness (QED) is 0.761. The molecule has 0 amide bonds. The number of benzene rings is 1. The summed E-state index contributed by atoms with van der Waals surface area (Å²) in [5.41, 5.74) is 1.98. The van der Waals surface area contributed by atoms with E-state index >= 15 is 0 Å². The molecule has 3 rings (SSSR count). The Balaban J connectivity index is 1.82. The van der Waals surface area contributed by atoms with Gasteiger partial charge in [0.15, 0.2) is 0 Å². The van der Waals surface area contributed by atoms with E-state index < -0.39 is 0 Å². The number of anilines is 1. The van der Waals surface area contributed by atoms with E-state index in [0.29, 0.717) is 11.7 Å². The van der Waals surface area contributed by atoms with Crippen molar-refractivity contribution < 1.29 is 4.74 Å². The summed E-state index contributed by atoms with van der Waals surface area (Å²) >= 11 is 0. The molecule has 1 unspecified atom stereocenters. The van der Waals surface area contributed by atoms with Crippen molar-refractivity contribution >= 4 is 16.9 Å². The van der Waals surface area contributed by atoms with Gasteiger partial charge in [-0.25, -0.2) is 15.0 Å². The van der Waals surface area contributed by atoms with Crippen molar-refractivity contribution in [3.05, 3.63) is 42.5 Å². The van der Waals surface area contributed by atoms with Crippen molar-refractivity contribution in [3.8, 4) is 5.88 Å². The van der Waals surface area contributed by atoms with E-state index in [2.05, 4.69) is 25.3 Å². The lowest BCUT2D eigenvalue weighted by Crippen LogP contribution is -2.09. The summed E-state index contributed by atoms with van der Waals surface area (Å²) in [7, 11) is 1.58. The molecule has 6 nitrogen and oxygen atoms in total. The predicted octanol–water partition coefficient (Wildman–Crippen LogP) is 2.53. The van der Waals surface area contributed by atoms with Gasteiger partial charge in [-0.3, -0.25) is 0 Å². The zero-order valence-corrected chi connectivity index (χ0v) is 11.3. The van der Waals surface area contributed by atoms with Crippen LogP contribution in [0.4, 0.5) is 5.82 Å². The maximum absolute atomic E-state index is 5.08. The number of aromatic nitrogens is 4. The fourth-order valence-corrected chi connectivity index (χ4v) is 2.00. The molecule has 0 spiro atoms. The molecule has 1 aromatic carbocycles. The van der Waals surface area contributed by atoms with Gasteiger partial charge >= 0.3 is 0 Å². The number of methoxy groups -OCH3 is 1.